The monoisotopic (exact) mass is 269 g/mol. The Bertz CT molecular complexity index is 552. The highest BCUT2D eigenvalue weighted by Gasteiger charge is 2.05. The number of rotatable bonds is 6. The van der Waals surface area contributed by atoms with E-state index in [2.05, 4.69) is 17.4 Å². The zero-order valence-electron chi connectivity index (χ0n) is 11.6. The molecule has 0 saturated heterocycles. The fourth-order valence-corrected chi connectivity index (χ4v) is 1.86. The minimum Gasteiger partial charge on any atom is -0.491 e. The van der Waals surface area contributed by atoms with Gasteiger partial charge in [0.2, 0.25) is 5.91 Å². The minimum atomic E-state index is -0.0101. The number of carbonyl (C=O) groups excluding carboxylic acids is 1. The Hall–Kier alpha value is -2.29. The molecule has 0 radical (unpaired) electrons. The molecule has 0 aromatic heterocycles. The van der Waals surface area contributed by atoms with Crippen LogP contribution in [0.25, 0.3) is 0 Å². The van der Waals surface area contributed by atoms with Crippen molar-refractivity contribution in [3.8, 4) is 5.75 Å². The summed E-state index contributed by atoms with van der Waals surface area (Å²) in [5.74, 6) is 0.703. The van der Waals surface area contributed by atoms with Gasteiger partial charge in [-0.3, -0.25) is 4.79 Å². The van der Waals surface area contributed by atoms with Crippen LogP contribution < -0.4 is 10.1 Å². The van der Waals surface area contributed by atoms with Gasteiger partial charge < -0.3 is 10.1 Å². The molecule has 0 atom stereocenters. The Morgan fingerprint density at radius 2 is 1.75 bits per heavy atom. The van der Waals surface area contributed by atoms with Crippen LogP contribution in [0.1, 0.15) is 18.9 Å². The van der Waals surface area contributed by atoms with Gasteiger partial charge in [-0.1, -0.05) is 49.4 Å². The Kier molecular flexibility index (Phi) is 5.18. The number of nitrogens with one attached hydrogen (secondary N) is 1. The predicted molar refractivity (Wildman–Crippen MR) is 81.0 cm³/mol. The molecule has 0 unspecified atom stereocenters. The summed E-state index contributed by atoms with van der Waals surface area (Å²) in [6.45, 7) is 2.41. The van der Waals surface area contributed by atoms with E-state index in [0.29, 0.717) is 18.8 Å². The van der Waals surface area contributed by atoms with E-state index in [4.69, 9.17) is 4.74 Å². The topological polar surface area (TPSA) is 38.3 Å². The second kappa shape index (κ2) is 7.34. The molecule has 0 aliphatic carbocycles. The van der Waals surface area contributed by atoms with Crippen LogP contribution in [-0.2, 0) is 11.2 Å². The van der Waals surface area contributed by atoms with E-state index < -0.39 is 0 Å². The van der Waals surface area contributed by atoms with Gasteiger partial charge in [0, 0.05) is 12.8 Å². The second-order valence-electron chi connectivity index (χ2n) is 4.48. The molecule has 104 valence electrons. The molecule has 0 aliphatic heterocycles. The molecule has 0 fully saturated rings. The standard InChI is InChI=1S/C17H19NO2/c1-2-17(19)18-15-10-6-7-11-16(15)20-13-12-14-8-4-3-5-9-14/h3-11H,2,12-13H2,1H3,(H,18,19). The lowest BCUT2D eigenvalue weighted by Crippen LogP contribution is -2.11. The molecule has 2 aromatic rings. The molecular formula is C17H19NO2. The van der Waals surface area contributed by atoms with Crippen molar-refractivity contribution < 1.29 is 9.53 Å². The van der Waals surface area contributed by atoms with Crippen LogP contribution in [0.3, 0.4) is 0 Å². The second-order valence-corrected chi connectivity index (χ2v) is 4.48. The van der Waals surface area contributed by atoms with Gasteiger partial charge >= 0.3 is 0 Å². The highest BCUT2D eigenvalue weighted by atomic mass is 16.5. The number of amides is 1. The van der Waals surface area contributed by atoms with E-state index in [1.165, 1.54) is 5.56 Å². The molecule has 1 amide bonds. The van der Waals surface area contributed by atoms with Gasteiger partial charge in [0.05, 0.1) is 12.3 Å². The Balaban J connectivity index is 1.94. The number of carbonyl (C=O) groups is 1. The van der Waals surface area contributed by atoms with Crippen molar-refractivity contribution >= 4 is 11.6 Å². The van der Waals surface area contributed by atoms with Crippen molar-refractivity contribution in [2.24, 2.45) is 0 Å². The molecule has 0 aliphatic rings. The molecule has 0 bridgehead atoms. The van der Waals surface area contributed by atoms with Crippen molar-refractivity contribution in [1.29, 1.82) is 0 Å². The first kappa shape index (κ1) is 14.1. The van der Waals surface area contributed by atoms with Crippen LogP contribution in [0.4, 0.5) is 5.69 Å². The quantitative estimate of drug-likeness (QED) is 0.869. The number of ether oxygens (including phenoxy) is 1. The van der Waals surface area contributed by atoms with E-state index in [0.717, 1.165) is 12.1 Å². The van der Waals surface area contributed by atoms with Crippen molar-refractivity contribution in [3.05, 3.63) is 60.2 Å². The Morgan fingerprint density at radius 1 is 1.05 bits per heavy atom. The summed E-state index contributed by atoms with van der Waals surface area (Å²) in [5.41, 5.74) is 1.97. The maximum atomic E-state index is 11.5. The van der Waals surface area contributed by atoms with E-state index in [1.807, 2.05) is 49.4 Å². The normalized spacial score (nSPS) is 10.1. The summed E-state index contributed by atoms with van der Waals surface area (Å²) in [6.07, 6.45) is 1.30. The van der Waals surface area contributed by atoms with Gasteiger partial charge in [-0.15, -0.1) is 0 Å². The average Bonchev–Trinajstić information content (AvgIpc) is 2.50. The van der Waals surface area contributed by atoms with Gasteiger partial charge in [0.15, 0.2) is 0 Å². The zero-order valence-corrected chi connectivity index (χ0v) is 11.6. The summed E-state index contributed by atoms with van der Waals surface area (Å²) in [6, 6.07) is 17.7. The fourth-order valence-electron chi connectivity index (χ4n) is 1.86. The first-order chi connectivity index (χ1) is 9.79. The minimum absolute atomic E-state index is 0.0101. The molecule has 20 heavy (non-hydrogen) atoms. The van der Waals surface area contributed by atoms with Crippen molar-refractivity contribution in [2.45, 2.75) is 19.8 Å². The maximum absolute atomic E-state index is 11.5. The third-order valence-corrected chi connectivity index (χ3v) is 2.97. The SMILES string of the molecule is CCC(=O)Nc1ccccc1OCCc1ccccc1. The molecule has 0 heterocycles. The summed E-state index contributed by atoms with van der Waals surface area (Å²) in [7, 11) is 0. The first-order valence-corrected chi connectivity index (χ1v) is 6.85. The number of anilines is 1. The summed E-state index contributed by atoms with van der Waals surface area (Å²) in [4.78, 5) is 11.5. The predicted octanol–water partition coefficient (Wildman–Crippen LogP) is 3.66. The molecule has 2 rings (SSSR count). The Morgan fingerprint density at radius 3 is 2.50 bits per heavy atom. The van der Waals surface area contributed by atoms with Crippen LogP contribution >= 0.6 is 0 Å². The van der Waals surface area contributed by atoms with E-state index in [1.54, 1.807) is 0 Å². The smallest absolute Gasteiger partial charge is 0.224 e. The van der Waals surface area contributed by atoms with Gasteiger partial charge in [-0.05, 0) is 17.7 Å². The average molecular weight is 269 g/mol. The van der Waals surface area contributed by atoms with Crippen molar-refractivity contribution in [3.63, 3.8) is 0 Å². The van der Waals surface area contributed by atoms with Gasteiger partial charge in [0.25, 0.3) is 0 Å². The van der Waals surface area contributed by atoms with Gasteiger partial charge in [-0.25, -0.2) is 0 Å². The molecule has 1 N–H and O–H groups in total. The summed E-state index contributed by atoms with van der Waals surface area (Å²) >= 11 is 0. The molecule has 3 nitrogen and oxygen atoms in total. The highest BCUT2D eigenvalue weighted by Crippen LogP contribution is 2.24. The van der Waals surface area contributed by atoms with Crippen LogP contribution in [0.2, 0.25) is 0 Å². The fraction of sp³-hybridized carbons (Fsp3) is 0.235. The Labute approximate surface area is 119 Å². The van der Waals surface area contributed by atoms with Gasteiger partial charge in [-0.2, -0.15) is 0 Å². The first-order valence-electron chi connectivity index (χ1n) is 6.85. The molecular weight excluding hydrogens is 250 g/mol. The highest BCUT2D eigenvalue weighted by molar-refractivity contribution is 5.91. The number of para-hydroxylation sites is 2. The third-order valence-electron chi connectivity index (χ3n) is 2.97. The lowest BCUT2D eigenvalue weighted by atomic mass is 10.2. The molecule has 0 spiro atoms. The van der Waals surface area contributed by atoms with Crippen LogP contribution in [-0.4, -0.2) is 12.5 Å². The van der Waals surface area contributed by atoms with Gasteiger partial charge in [0.1, 0.15) is 5.75 Å². The molecule has 0 saturated carbocycles. The maximum Gasteiger partial charge on any atom is 0.224 e. The lowest BCUT2D eigenvalue weighted by molar-refractivity contribution is -0.115. The largest absolute Gasteiger partial charge is 0.491 e. The molecule has 3 heteroatoms. The number of benzene rings is 2. The molecule has 2 aromatic carbocycles. The van der Waals surface area contributed by atoms with E-state index >= 15 is 0 Å². The number of hydrogen-bond donors (Lipinski definition) is 1. The van der Waals surface area contributed by atoms with E-state index in [-0.39, 0.29) is 5.91 Å². The van der Waals surface area contributed by atoms with E-state index in [9.17, 15) is 4.79 Å². The van der Waals surface area contributed by atoms with Crippen molar-refractivity contribution in [2.75, 3.05) is 11.9 Å². The van der Waals surface area contributed by atoms with Crippen LogP contribution in [0, 0.1) is 0 Å². The summed E-state index contributed by atoms with van der Waals surface area (Å²) < 4.78 is 5.77. The lowest BCUT2D eigenvalue weighted by Gasteiger charge is -2.12. The van der Waals surface area contributed by atoms with Crippen molar-refractivity contribution in [1.82, 2.24) is 0 Å². The van der Waals surface area contributed by atoms with Crippen LogP contribution in [0.5, 0.6) is 5.75 Å². The third kappa shape index (κ3) is 4.12. The zero-order chi connectivity index (χ0) is 14.2. The van der Waals surface area contributed by atoms with Crippen LogP contribution in [0.15, 0.2) is 54.6 Å². The number of hydrogen-bond acceptors (Lipinski definition) is 2. The summed E-state index contributed by atoms with van der Waals surface area (Å²) in [5, 5.41) is 2.84.